The Kier molecular flexibility index (Phi) is 3.09. The number of nitrogens with one attached hydrogen (secondary N) is 1. The zero-order valence-corrected chi connectivity index (χ0v) is 10.8. The molecule has 1 fully saturated rings. The normalized spacial score (nSPS) is 19.4. The average molecular weight is 260 g/mol. The quantitative estimate of drug-likeness (QED) is 0.860. The predicted octanol–water partition coefficient (Wildman–Crippen LogP) is 1.43. The van der Waals surface area contributed by atoms with Crippen molar-refractivity contribution < 1.29 is 8.42 Å². The molecule has 6 heteroatoms. The van der Waals surface area contributed by atoms with Crippen molar-refractivity contribution in [2.75, 3.05) is 0 Å². The Labute approximate surface area is 99.9 Å². The maximum Gasteiger partial charge on any atom is 0.250 e. The molecule has 0 aromatic carbocycles. The van der Waals surface area contributed by atoms with Crippen molar-refractivity contribution in [3.63, 3.8) is 0 Å². The van der Waals surface area contributed by atoms with Crippen LogP contribution in [-0.2, 0) is 16.6 Å². The van der Waals surface area contributed by atoms with E-state index in [1.54, 1.807) is 11.4 Å². The lowest BCUT2D eigenvalue weighted by atomic mass is 9.80. The third-order valence-corrected chi connectivity index (χ3v) is 6.09. The molecule has 3 N–H and O–H groups in total. The first-order chi connectivity index (χ1) is 7.45. The first-order valence-electron chi connectivity index (χ1n) is 5.27. The van der Waals surface area contributed by atoms with Crippen molar-refractivity contribution in [3.05, 3.63) is 17.0 Å². The molecule has 1 aromatic rings. The number of rotatable bonds is 4. The molecule has 0 spiro atoms. The minimum Gasteiger partial charge on any atom is -0.326 e. The van der Waals surface area contributed by atoms with Crippen molar-refractivity contribution in [3.8, 4) is 0 Å². The van der Waals surface area contributed by atoms with Crippen LogP contribution in [0.3, 0.4) is 0 Å². The number of sulfonamides is 1. The van der Waals surface area contributed by atoms with E-state index in [0.717, 1.165) is 24.8 Å². The van der Waals surface area contributed by atoms with E-state index in [0.29, 0.717) is 10.8 Å². The summed E-state index contributed by atoms with van der Waals surface area (Å²) in [6.07, 6.45) is 2.93. The highest BCUT2D eigenvalue weighted by atomic mass is 32.2. The molecule has 0 saturated heterocycles. The van der Waals surface area contributed by atoms with Gasteiger partial charge in [0, 0.05) is 12.1 Å². The Hall–Kier alpha value is -0.430. The zero-order valence-electron chi connectivity index (χ0n) is 9.19. The number of thiophene rings is 1. The van der Waals surface area contributed by atoms with Crippen molar-refractivity contribution in [2.24, 2.45) is 5.73 Å². The molecule has 90 valence electrons. The number of nitrogens with two attached hydrogens (primary N) is 1. The lowest BCUT2D eigenvalue weighted by Crippen LogP contribution is -2.50. The standard InChI is InChI=1S/C10H16N2O2S2/c1-10(3-2-4-10)12-16(13,14)9-5-8(6-11)7-15-9/h5,7,12H,2-4,6,11H2,1H3. The third-order valence-electron chi connectivity index (χ3n) is 2.97. The van der Waals surface area contributed by atoms with Crippen molar-refractivity contribution in [1.82, 2.24) is 4.72 Å². The maximum atomic E-state index is 12.0. The van der Waals surface area contributed by atoms with Crippen LogP contribution in [0.1, 0.15) is 31.7 Å². The van der Waals surface area contributed by atoms with Crippen molar-refractivity contribution in [1.29, 1.82) is 0 Å². The highest BCUT2D eigenvalue weighted by molar-refractivity contribution is 7.91. The molecule has 16 heavy (non-hydrogen) atoms. The van der Waals surface area contributed by atoms with Crippen LogP contribution in [0.25, 0.3) is 0 Å². The highest BCUT2D eigenvalue weighted by Gasteiger charge is 2.36. The molecular formula is C10H16N2O2S2. The highest BCUT2D eigenvalue weighted by Crippen LogP contribution is 2.33. The molecule has 2 rings (SSSR count). The minimum absolute atomic E-state index is 0.244. The summed E-state index contributed by atoms with van der Waals surface area (Å²) in [5.41, 5.74) is 6.08. The predicted molar refractivity (Wildman–Crippen MR) is 64.8 cm³/mol. The smallest absolute Gasteiger partial charge is 0.250 e. The largest absolute Gasteiger partial charge is 0.326 e. The van der Waals surface area contributed by atoms with Gasteiger partial charge in [-0.05, 0) is 43.2 Å². The van der Waals surface area contributed by atoms with Gasteiger partial charge in [-0.2, -0.15) is 0 Å². The van der Waals surface area contributed by atoms with Gasteiger partial charge in [-0.25, -0.2) is 13.1 Å². The van der Waals surface area contributed by atoms with Crippen LogP contribution in [0.15, 0.2) is 15.7 Å². The molecule has 0 atom stereocenters. The van der Waals surface area contributed by atoms with Gasteiger partial charge in [0.1, 0.15) is 4.21 Å². The van der Waals surface area contributed by atoms with E-state index in [1.165, 1.54) is 11.3 Å². The summed E-state index contributed by atoms with van der Waals surface area (Å²) in [6.45, 7) is 2.33. The molecule has 1 aliphatic carbocycles. The van der Waals surface area contributed by atoms with Crippen molar-refractivity contribution >= 4 is 21.4 Å². The lowest BCUT2D eigenvalue weighted by Gasteiger charge is -2.38. The van der Waals surface area contributed by atoms with Crippen LogP contribution < -0.4 is 10.5 Å². The number of hydrogen-bond donors (Lipinski definition) is 2. The zero-order chi connectivity index (χ0) is 11.8. The van der Waals surface area contributed by atoms with Gasteiger partial charge in [0.25, 0.3) is 10.0 Å². The van der Waals surface area contributed by atoms with E-state index in [1.807, 2.05) is 6.92 Å². The Bertz CT molecular complexity index is 475. The molecule has 0 amide bonds. The SMILES string of the molecule is CC1(NS(=O)(=O)c2cc(CN)cs2)CCC1. The van der Waals surface area contributed by atoms with Crippen LogP contribution in [0.4, 0.5) is 0 Å². The summed E-state index contributed by atoms with van der Waals surface area (Å²) in [7, 11) is -3.36. The second-order valence-electron chi connectivity index (χ2n) is 4.50. The van der Waals surface area contributed by atoms with Crippen LogP contribution in [-0.4, -0.2) is 14.0 Å². The van der Waals surface area contributed by atoms with E-state index in [-0.39, 0.29) is 5.54 Å². The lowest BCUT2D eigenvalue weighted by molar-refractivity contribution is 0.248. The van der Waals surface area contributed by atoms with E-state index >= 15 is 0 Å². The summed E-state index contributed by atoms with van der Waals surface area (Å²) < 4.78 is 27.2. The van der Waals surface area contributed by atoms with E-state index in [9.17, 15) is 8.42 Å². The van der Waals surface area contributed by atoms with Gasteiger partial charge in [-0.1, -0.05) is 0 Å². The fraction of sp³-hybridized carbons (Fsp3) is 0.600. The second kappa shape index (κ2) is 4.10. The van der Waals surface area contributed by atoms with Gasteiger partial charge in [0.05, 0.1) is 0 Å². The molecule has 0 radical (unpaired) electrons. The molecule has 1 aliphatic rings. The molecule has 1 aromatic heterocycles. The fourth-order valence-corrected chi connectivity index (χ4v) is 4.47. The summed E-state index contributed by atoms with van der Waals surface area (Å²) in [4.78, 5) is 0. The first kappa shape index (κ1) is 12.0. The Balaban J connectivity index is 2.18. The summed E-state index contributed by atoms with van der Waals surface area (Å²) in [5.74, 6) is 0. The number of hydrogen-bond acceptors (Lipinski definition) is 4. The van der Waals surface area contributed by atoms with Crippen LogP contribution in [0.2, 0.25) is 0 Å². The van der Waals surface area contributed by atoms with E-state index in [4.69, 9.17) is 5.73 Å². The van der Waals surface area contributed by atoms with Crippen LogP contribution >= 0.6 is 11.3 Å². The van der Waals surface area contributed by atoms with Gasteiger partial charge in [0.2, 0.25) is 0 Å². The van der Waals surface area contributed by atoms with Gasteiger partial charge >= 0.3 is 0 Å². The van der Waals surface area contributed by atoms with Crippen LogP contribution in [0, 0.1) is 0 Å². The maximum absolute atomic E-state index is 12.0. The Morgan fingerprint density at radius 3 is 2.69 bits per heavy atom. The Morgan fingerprint density at radius 2 is 2.25 bits per heavy atom. The van der Waals surface area contributed by atoms with Gasteiger partial charge in [-0.3, -0.25) is 0 Å². The van der Waals surface area contributed by atoms with Gasteiger partial charge in [0.15, 0.2) is 0 Å². The average Bonchev–Trinajstić information content (AvgIpc) is 2.63. The summed E-state index contributed by atoms with van der Waals surface area (Å²) in [6, 6.07) is 1.65. The van der Waals surface area contributed by atoms with E-state index < -0.39 is 10.0 Å². The first-order valence-corrected chi connectivity index (χ1v) is 7.63. The molecule has 0 bridgehead atoms. The molecule has 1 heterocycles. The molecule has 4 nitrogen and oxygen atoms in total. The topological polar surface area (TPSA) is 72.2 Å². The van der Waals surface area contributed by atoms with Gasteiger partial charge in [-0.15, -0.1) is 11.3 Å². The molecular weight excluding hydrogens is 244 g/mol. The summed E-state index contributed by atoms with van der Waals surface area (Å²) >= 11 is 1.23. The van der Waals surface area contributed by atoms with Gasteiger partial charge < -0.3 is 5.73 Å². The third kappa shape index (κ3) is 2.29. The molecule has 0 aliphatic heterocycles. The van der Waals surface area contributed by atoms with Crippen molar-refractivity contribution in [2.45, 2.75) is 42.5 Å². The monoisotopic (exact) mass is 260 g/mol. The molecule has 0 unspecified atom stereocenters. The van der Waals surface area contributed by atoms with Crippen LogP contribution in [0.5, 0.6) is 0 Å². The fourth-order valence-electron chi connectivity index (χ4n) is 1.78. The summed E-state index contributed by atoms with van der Waals surface area (Å²) in [5, 5.41) is 1.79. The molecule has 1 saturated carbocycles. The Morgan fingerprint density at radius 1 is 1.56 bits per heavy atom. The van der Waals surface area contributed by atoms with E-state index in [2.05, 4.69) is 4.72 Å². The minimum atomic E-state index is -3.36. The second-order valence-corrected chi connectivity index (χ2v) is 7.32.